The second-order valence-electron chi connectivity index (χ2n) is 11.1. The molecule has 0 aromatic heterocycles. The summed E-state index contributed by atoms with van der Waals surface area (Å²) in [4.78, 5) is 4.72. The molecule has 1 aliphatic heterocycles. The summed E-state index contributed by atoms with van der Waals surface area (Å²) >= 11 is 0. The average molecular weight is 551 g/mol. The van der Waals surface area contributed by atoms with Crippen LogP contribution in [0.25, 0.3) is 21.9 Å². The van der Waals surface area contributed by atoms with E-state index in [9.17, 15) is 0 Å². The molecule has 1 aliphatic rings. The topological polar surface area (TPSA) is 6.48 Å². The molecular formula is C41H30N2. The Morgan fingerprint density at radius 1 is 0.395 bits per heavy atom. The Morgan fingerprint density at radius 2 is 0.977 bits per heavy atom. The minimum absolute atomic E-state index is 0.914. The maximum atomic E-state index is 2.42. The van der Waals surface area contributed by atoms with Crippen LogP contribution in [0.5, 0.6) is 0 Å². The molecule has 0 fully saturated rings. The molecule has 0 radical (unpaired) electrons. The van der Waals surface area contributed by atoms with E-state index in [1.807, 2.05) is 0 Å². The highest BCUT2D eigenvalue weighted by Gasteiger charge is 2.24. The van der Waals surface area contributed by atoms with E-state index in [4.69, 9.17) is 0 Å². The predicted molar refractivity (Wildman–Crippen MR) is 182 cm³/mol. The summed E-state index contributed by atoms with van der Waals surface area (Å²) in [6.07, 6.45) is 0.914. The van der Waals surface area contributed by atoms with Crippen molar-refractivity contribution >= 4 is 44.9 Å². The maximum absolute atomic E-state index is 2.42. The van der Waals surface area contributed by atoms with Gasteiger partial charge in [-0.2, -0.15) is 0 Å². The van der Waals surface area contributed by atoms with Crippen LogP contribution in [-0.4, -0.2) is 0 Å². The lowest BCUT2D eigenvalue weighted by Gasteiger charge is -2.34. The number of fused-ring (bicyclic) bond motifs is 3. The van der Waals surface area contributed by atoms with Gasteiger partial charge in [0.05, 0.1) is 0 Å². The molecule has 0 unspecified atom stereocenters. The van der Waals surface area contributed by atoms with Gasteiger partial charge < -0.3 is 9.80 Å². The van der Waals surface area contributed by atoms with E-state index in [1.54, 1.807) is 0 Å². The summed E-state index contributed by atoms with van der Waals surface area (Å²) in [5.41, 5.74) is 12.2. The van der Waals surface area contributed by atoms with E-state index in [2.05, 4.69) is 180 Å². The lowest BCUT2D eigenvalue weighted by Crippen LogP contribution is -2.18. The fourth-order valence-corrected chi connectivity index (χ4v) is 6.34. The fourth-order valence-electron chi connectivity index (χ4n) is 6.34. The van der Waals surface area contributed by atoms with E-state index in [0.29, 0.717) is 0 Å². The Labute approximate surface area is 252 Å². The van der Waals surface area contributed by atoms with Crippen LogP contribution >= 0.6 is 0 Å². The third-order valence-corrected chi connectivity index (χ3v) is 8.41. The number of hydrogen-bond donors (Lipinski definition) is 0. The highest BCUT2D eigenvalue weighted by molar-refractivity contribution is 5.91. The number of benzene rings is 7. The Hall–Kier alpha value is -5.60. The molecule has 7 aromatic carbocycles. The Kier molecular flexibility index (Phi) is 6.23. The minimum Gasteiger partial charge on any atom is -0.311 e. The van der Waals surface area contributed by atoms with E-state index in [1.165, 1.54) is 50.1 Å². The zero-order valence-corrected chi connectivity index (χ0v) is 23.8. The van der Waals surface area contributed by atoms with E-state index in [0.717, 1.165) is 23.5 Å². The average Bonchev–Trinajstić information content (AvgIpc) is 3.08. The molecule has 0 bridgehead atoms. The normalized spacial score (nSPS) is 12.0. The summed E-state index contributed by atoms with van der Waals surface area (Å²) in [7, 11) is 0. The molecule has 1 heterocycles. The van der Waals surface area contributed by atoms with Gasteiger partial charge in [-0.3, -0.25) is 0 Å². The van der Waals surface area contributed by atoms with Crippen LogP contribution in [-0.2, 0) is 6.42 Å². The molecule has 8 rings (SSSR count). The molecule has 0 saturated heterocycles. The first-order chi connectivity index (χ1) is 21.3. The molecule has 0 aliphatic carbocycles. The van der Waals surface area contributed by atoms with Crippen molar-refractivity contribution in [1.29, 1.82) is 0 Å². The van der Waals surface area contributed by atoms with Crippen molar-refractivity contribution in [2.24, 2.45) is 0 Å². The van der Waals surface area contributed by atoms with Crippen molar-refractivity contribution in [2.45, 2.75) is 6.42 Å². The second kappa shape index (κ2) is 10.7. The molecule has 0 saturated carbocycles. The predicted octanol–water partition coefficient (Wildman–Crippen LogP) is 11.4. The Bertz CT molecular complexity index is 2010. The number of anilines is 6. The summed E-state index contributed by atoms with van der Waals surface area (Å²) in [6, 6.07) is 61.1. The molecule has 7 aromatic rings. The fraction of sp³-hybridized carbons (Fsp3) is 0.0244. The summed E-state index contributed by atoms with van der Waals surface area (Å²) < 4.78 is 0. The van der Waals surface area contributed by atoms with E-state index >= 15 is 0 Å². The molecule has 0 spiro atoms. The zero-order valence-electron chi connectivity index (χ0n) is 23.8. The van der Waals surface area contributed by atoms with Crippen molar-refractivity contribution in [1.82, 2.24) is 0 Å². The molecular weight excluding hydrogens is 520 g/mol. The van der Waals surface area contributed by atoms with Gasteiger partial charge in [0.2, 0.25) is 0 Å². The van der Waals surface area contributed by atoms with Crippen LogP contribution in [0.3, 0.4) is 0 Å². The van der Waals surface area contributed by atoms with Crippen LogP contribution in [0.2, 0.25) is 0 Å². The van der Waals surface area contributed by atoms with Crippen LogP contribution in [0.4, 0.5) is 34.1 Å². The van der Waals surface area contributed by atoms with Crippen molar-refractivity contribution in [3.63, 3.8) is 0 Å². The Morgan fingerprint density at radius 3 is 1.72 bits per heavy atom. The van der Waals surface area contributed by atoms with Crippen LogP contribution in [0.15, 0.2) is 170 Å². The van der Waals surface area contributed by atoms with Gasteiger partial charge in [-0.15, -0.1) is 0 Å². The molecule has 2 nitrogen and oxygen atoms in total. The maximum Gasteiger partial charge on any atom is 0.0497 e. The highest BCUT2D eigenvalue weighted by Crippen LogP contribution is 2.45. The van der Waals surface area contributed by atoms with Crippen molar-refractivity contribution in [2.75, 3.05) is 9.80 Å². The largest absolute Gasteiger partial charge is 0.311 e. The van der Waals surface area contributed by atoms with Crippen molar-refractivity contribution in [3.05, 3.63) is 181 Å². The number of nitrogens with zero attached hydrogens (tertiary/aromatic N) is 2. The Balaban J connectivity index is 1.17. The number of hydrogen-bond acceptors (Lipinski definition) is 2. The van der Waals surface area contributed by atoms with Crippen LogP contribution in [0.1, 0.15) is 11.1 Å². The van der Waals surface area contributed by atoms with Crippen molar-refractivity contribution < 1.29 is 0 Å². The first kappa shape index (κ1) is 25.1. The third-order valence-electron chi connectivity index (χ3n) is 8.41. The summed E-state index contributed by atoms with van der Waals surface area (Å²) in [5.74, 6) is 0. The minimum atomic E-state index is 0.914. The summed E-state index contributed by atoms with van der Waals surface area (Å²) in [5, 5.41) is 2.51. The highest BCUT2D eigenvalue weighted by atomic mass is 15.2. The molecule has 2 heteroatoms. The SMILES string of the molecule is c1ccc(N(c2ccccc2)c2ccc(-c3ccc4c(c3)Cc3ccccc3N4c3ccc4ccccc4c3)cc2)cc1. The van der Waals surface area contributed by atoms with Crippen LogP contribution in [0, 0.1) is 0 Å². The summed E-state index contributed by atoms with van der Waals surface area (Å²) in [6.45, 7) is 0. The van der Waals surface area contributed by atoms with Gasteiger partial charge in [0.25, 0.3) is 0 Å². The molecule has 204 valence electrons. The van der Waals surface area contributed by atoms with E-state index < -0.39 is 0 Å². The third kappa shape index (κ3) is 4.64. The number of rotatable bonds is 5. The van der Waals surface area contributed by atoms with Gasteiger partial charge in [-0.1, -0.05) is 103 Å². The molecule has 0 N–H and O–H groups in total. The first-order valence-electron chi connectivity index (χ1n) is 14.8. The van der Waals surface area contributed by atoms with Crippen LogP contribution < -0.4 is 9.80 Å². The van der Waals surface area contributed by atoms with Gasteiger partial charge in [0, 0.05) is 40.5 Å². The first-order valence-corrected chi connectivity index (χ1v) is 14.8. The molecule has 0 amide bonds. The number of para-hydroxylation sites is 3. The standard InChI is InChI=1S/C41H30N2/c1-3-14-36(15-4-1)42(37-16-5-2-6-17-37)38-23-19-31(20-24-38)33-22-26-41-35(27-33)28-34-13-9-10-18-40(34)43(41)39-25-21-30-11-7-8-12-32(30)29-39/h1-27,29H,28H2. The van der Waals surface area contributed by atoms with Gasteiger partial charge in [-0.25, -0.2) is 0 Å². The lowest BCUT2D eigenvalue weighted by atomic mass is 9.92. The molecule has 0 atom stereocenters. The second-order valence-corrected chi connectivity index (χ2v) is 11.1. The van der Waals surface area contributed by atoms with Gasteiger partial charge in [-0.05, 0) is 99.8 Å². The van der Waals surface area contributed by atoms with Gasteiger partial charge in [0.1, 0.15) is 0 Å². The van der Waals surface area contributed by atoms with Gasteiger partial charge >= 0.3 is 0 Å². The molecule has 43 heavy (non-hydrogen) atoms. The van der Waals surface area contributed by atoms with E-state index in [-0.39, 0.29) is 0 Å². The quantitative estimate of drug-likeness (QED) is 0.210. The van der Waals surface area contributed by atoms with Crippen molar-refractivity contribution in [3.8, 4) is 11.1 Å². The monoisotopic (exact) mass is 550 g/mol. The smallest absolute Gasteiger partial charge is 0.0497 e. The lowest BCUT2D eigenvalue weighted by molar-refractivity contribution is 1.09. The zero-order chi connectivity index (χ0) is 28.6. The van der Waals surface area contributed by atoms with Gasteiger partial charge in [0.15, 0.2) is 0 Å².